The number of hydrogen-bond acceptors (Lipinski definition) is 4. The molecule has 1 aromatic rings. The normalized spacial score (nSPS) is 15.1. The maximum Gasteiger partial charge on any atom is 0.0349 e. The van der Waals surface area contributed by atoms with Gasteiger partial charge in [-0.05, 0) is 24.3 Å². The average Bonchev–Trinajstić information content (AvgIpc) is 2.76. The van der Waals surface area contributed by atoms with E-state index in [0.717, 1.165) is 17.4 Å². The van der Waals surface area contributed by atoms with Gasteiger partial charge in [0.2, 0.25) is 0 Å². The molecule has 0 aliphatic carbocycles. The molecule has 0 amide bonds. The highest BCUT2D eigenvalue weighted by atomic mass is 32.2. The molecule has 2 unspecified atom stereocenters. The van der Waals surface area contributed by atoms with Crippen molar-refractivity contribution in [1.82, 2.24) is 5.43 Å². The monoisotopic (exact) mass is 244 g/mol. The van der Waals surface area contributed by atoms with Gasteiger partial charge in [-0.25, -0.2) is 0 Å². The summed E-state index contributed by atoms with van der Waals surface area (Å²) in [6, 6.07) is 4.65. The van der Waals surface area contributed by atoms with Gasteiger partial charge < -0.3 is 0 Å². The number of nitrogens with one attached hydrogen (secondary N) is 1. The van der Waals surface area contributed by atoms with Gasteiger partial charge in [-0.2, -0.15) is 11.8 Å². The van der Waals surface area contributed by atoms with Crippen LogP contribution in [0.4, 0.5) is 0 Å². The van der Waals surface area contributed by atoms with Crippen molar-refractivity contribution in [1.29, 1.82) is 0 Å². The van der Waals surface area contributed by atoms with E-state index in [1.54, 1.807) is 11.3 Å². The summed E-state index contributed by atoms with van der Waals surface area (Å²) in [5, 5.41) is 2.84. The minimum atomic E-state index is 0.391. The summed E-state index contributed by atoms with van der Waals surface area (Å²) in [6.07, 6.45) is 2.26. The Morgan fingerprint density at radius 1 is 1.60 bits per heavy atom. The molecule has 0 saturated carbocycles. The van der Waals surface area contributed by atoms with Crippen molar-refractivity contribution in [2.45, 2.75) is 38.0 Å². The first-order valence-corrected chi connectivity index (χ1v) is 7.29. The van der Waals surface area contributed by atoms with Crippen LogP contribution in [-0.4, -0.2) is 17.0 Å². The first-order chi connectivity index (χ1) is 7.26. The van der Waals surface area contributed by atoms with Gasteiger partial charge in [0.15, 0.2) is 0 Å². The number of nitrogens with two attached hydrogens (primary N) is 1. The molecule has 3 N–H and O–H groups in total. The van der Waals surface area contributed by atoms with Crippen LogP contribution in [0.15, 0.2) is 17.5 Å². The van der Waals surface area contributed by atoms with Crippen molar-refractivity contribution in [3.8, 4) is 0 Å². The van der Waals surface area contributed by atoms with E-state index in [2.05, 4.69) is 36.8 Å². The van der Waals surface area contributed by atoms with Crippen molar-refractivity contribution >= 4 is 23.1 Å². The lowest BCUT2D eigenvalue weighted by Crippen LogP contribution is -2.38. The molecular weight excluding hydrogens is 224 g/mol. The SMILES string of the molecule is CCC(C)SCC(Cc1cccs1)NN. The van der Waals surface area contributed by atoms with Crippen LogP contribution in [0.1, 0.15) is 25.1 Å². The molecule has 0 spiro atoms. The summed E-state index contributed by atoms with van der Waals surface area (Å²) >= 11 is 3.79. The lowest BCUT2D eigenvalue weighted by molar-refractivity contribution is 0.578. The van der Waals surface area contributed by atoms with Crippen LogP contribution in [0.25, 0.3) is 0 Å². The number of rotatable bonds is 7. The van der Waals surface area contributed by atoms with E-state index in [4.69, 9.17) is 5.84 Å². The van der Waals surface area contributed by atoms with Crippen LogP contribution in [0, 0.1) is 0 Å². The van der Waals surface area contributed by atoms with E-state index >= 15 is 0 Å². The highest BCUT2D eigenvalue weighted by Gasteiger charge is 2.10. The fourth-order valence-corrected chi connectivity index (χ4v) is 3.03. The van der Waals surface area contributed by atoms with Gasteiger partial charge in [0.25, 0.3) is 0 Å². The highest BCUT2D eigenvalue weighted by molar-refractivity contribution is 7.99. The van der Waals surface area contributed by atoms with Crippen LogP contribution < -0.4 is 11.3 Å². The van der Waals surface area contributed by atoms with Gasteiger partial charge in [-0.15, -0.1) is 11.3 Å². The van der Waals surface area contributed by atoms with Crippen molar-refractivity contribution in [2.75, 3.05) is 5.75 Å². The standard InChI is InChI=1S/C11H20N2S2/c1-3-9(2)15-8-10(13-12)7-11-5-4-6-14-11/h4-6,9-10,13H,3,7-8,12H2,1-2H3. The Balaban J connectivity index is 2.30. The third-order valence-corrected chi connectivity index (χ3v) is 4.82. The molecule has 0 bridgehead atoms. The molecule has 1 heterocycles. The van der Waals surface area contributed by atoms with Gasteiger partial charge in [0, 0.05) is 21.9 Å². The molecule has 4 heteroatoms. The summed E-state index contributed by atoms with van der Waals surface area (Å²) in [7, 11) is 0. The molecular formula is C11H20N2S2. The summed E-state index contributed by atoms with van der Waals surface area (Å²) in [5.74, 6) is 6.65. The van der Waals surface area contributed by atoms with Crippen LogP contribution in [0.5, 0.6) is 0 Å². The Labute approximate surface area is 101 Å². The van der Waals surface area contributed by atoms with E-state index in [1.165, 1.54) is 11.3 Å². The van der Waals surface area contributed by atoms with E-state index in [0.29, 0.717) is 6.04 Å². The molecule has 1 aromatic heterocycles. The zero-order valence-electron chi connectivity index (χ0n) is 9.40. The first kappa shape index (κ1) is 13.0. The number of hydrogen-bond donors (Lipinski definition) is 2. The van der Waals surface area contributed by atoms with Crippen molar-refractivity contribution < 1.29 is 0 Å². The summed E-state index contributed by atoms with van der Waals surface area (Å²) in [4.78, 5) is 1.41. The second-order valence-electron chi connectivity index (χ2n) is 3.70. The molecule has 0 aliphatic rings. The second-order valence-corrected chi connectivity index (χ2v) is 6.20. The average molecular weight is 244 g/mol. The third kappa shape index (κ3) is 5.02. The molecule has 86 valence electrons. The maximum atomic E-state index is 5.56. The molecule has 0 radical (unpaired) electrons. The fraction of sp³-hybridized carbons (Fsp3) is 0.636. The highest BCUT2D eigenvalue weighted by Crippen LogP contribution is 2.17. The largest absolute Gasteiger partial charge is 0.271 e. The van der Waals surface area contributed by atoms with Crippen LogP contribution >= 0.6 is 23.1 Å². The van der Waals surface area contributed by atoms with Gasteiger partial charge >= 0.3 is 0 Å². The van der Waals surface area contributed by atoms with Gasteiger partial charge in [0.1, 0.15) is 0 Å². The minimum Gasteiger partial charge on any atom is -0.271 e. The molecule has 15 heavy (non-hydrogen) atoms. The predicted octanol–water partition coefficient (Wildman–Crippen LogP) is 2.65. The fourth-order valence-electron chi connectivity index (χ4n) is 1.24. The van der Waals surface area contributed by atoms with Crippen LogP contribution in [0.2, 0.25) is 0 Å². The molecule has 1 rings (SSSR count). The lowest BCUT2D eigenvalue weighted by atomic mass is 10.2. The van der Waals surface area contributed by atoms with Gasteiger partial charge in [-0.3, -0.25) is 11.3 Å². The number of hydrazine groups is 1. The van der Waals surface area contributed by atoms with E-state index in [9.17, 15) is 0 Å². The van der Waals surface area contributed by atoms with Gasteiger partial charge in [-0.1, -0.05) is 19.9 Å². The van der Waals surface area contributed by atoms with E-state index in [-0.39, 0.29) is 0 Å². The third-order valence-electron chi connectivity index (χ3n) is 2.42. The van der Waals surface area contributed by atoms with E-state index in [1.807, 2.05) is 11.8 Å². The van der Waals surface area contributed by atoms with Crippen molar-refractivity contribution in [3.05, 3.63) is 22.4 Å². The molecule has 0 aromatic carbocycles. The Kier molecular flexibility index (Phi) is 6.32. The van der Waals surface area contributed by atoms with E-state index < -0.39 is 0 Å². The second kappa shape index (κ2) is 7.28. The van der Waals surface area contributed by atoms with Crippen molar-refractivity contribution in [3.63, 3.8) is 0 Å². The Hall–Kier alpha value is -0.0300. The van der Waals surface area contributed by atoms with Gasteiger partial charge in [0.05, 0.1) is 0 Å². The molecule has 0 saturated heterocycles. The summed E-state index contributed by atoms with van der Waals surface area (Å²) in [5.41, 5.74) is 2.91. The molecule has 0 aliphatic heterocycles. The maximum absolute atomic E-state index is 5.56. The topological polar surface area (TPSA) is 38.0 Å². The Morgan fingerprint density at radius 2 is 2.40 bits per heavy atom. The Bertz CT molecular complexity index is 249. The van der Waals surface area contributed by atoms with Crippen LogP contribution in [-0.2, 0) is 6.42 Å². The smallest absolute Gasteiger partial charge is 0.0349 e. The zero-order valence-corrected chi connectivity index (χ0v) is 11.0. The number of thioether (sulfide) groups is 1. The predicted molar refractivity (Wildman–Crippen MR) is 71.3 cm³/mol. The Morgan fingerprint density at radius 3 is 2.93 bits per heavy atom. The number of thiophene rings is 1. The zero-order chi connectivity index (χ0) is 11.1. The first-order valence-electron chi connectivity index (χ1n) is 5.36. The quantitative estimate of drug-likeness (QED) is 0.572. The molecule has 0 fully saturated rings. The molecule has 2 atom stereocenters. The minimum absolute atomic E-state index is 0.391. The lowest BCUT2D eigenvalue weighted by Gasteiger charge is -2.16. The summed E-state index contributed by atoms with van der Waals surface area (Å²) < 4.78 is 0. The molecule has 2 nitrogen and oxygen atoms in total. The summed E-state index contributed by atoms with van der Waals surface area (Å²) in [6.45, 7) is 4.49. The van der Waals surface area contributed by atoms with Crippen molar-refractivity contribution in [2.24, 2.45) is 5.84 Å². The van der Waals surface area contributed by atoms with Crippen LogP contribution in [0.3, 0.4) is 0 Å².